The Kier molecular flexibility index (Phi) is 5.12. The number of carbonyl (C=O) groups excluding carboxylic acids is 4. The second-order valence-electron chi connectivity index (χ2n) is 10.9. The summed E-state index contributed by atoms with van der Waals surface area (Å²) in [5.41, 5.74) is 2.74. The minimum atomic E-state index is -0.391. The fraction of sp³-hybridized carbons (Fsp3) is 0. The summed E-state index contributed by atoms with van der Waals surface area (Å²) in [4.78, 5) is 58.1. The molecule has 8 heteroatoms. The summed E-state index contributed by atoms with van der Waals surface area (Å²) in [6, 6.07) is 29.0. The van der Waals surface area contributed by atoms with Crippen LogP contribution in [0.15, 0.2) is 106 Å². The number of benzene rings is 7. The fourth-order valence-electron chi connectivity index (χ4n) is 6.97. The standard InChI is InChI=1S/C36H16Br2N2O4/c37-25-5-1-3-7-27(25)39-33(41)21-13-9-17-19-11-15-23-32-24(36(44)40(35(23)43)28-8-4-2-6-26(28)38)16-12-20(30(19)32)18-10-14-22(34(39)42)31(21)29(17)18/h1-16H. The zero-order chi connectivity index (χ0) is 30.0. The zero-order valence-electron chi connectivity index (χ0n) is 22.5. The van der Waals surface area contributed by atoms with E-state index in [4.69, 9.17) is 0 Å². The van der Waals surface area contributed by atoms with Crippen molar-refractivity contribution in [2.45, 2.75) is 0 Å². The van der Waals surface area contributed by atoms with Gasteiger partial charge in [0.25, 0.3) is 23.6 Å². The number of hydrogen-bond acceptors (Lipinski definition) is 4. The molecule has 0 N–H and O–H groups in total. The Balaban J connectivity index is 1.33. The van der Waals surface area contributed by atoms with Gasteiger partial charge in [-0.3, -0.25) is 19.2 Å². The first kappa shape index (κ1) is 25.6. The van der Waals surface area contributed by atoms with Crippen molar-refractivity contribution in [3.63, 3.8) is 0 Å². The number of halogens is 2. The maximum atomic E-state index is 13.9. The number of imide groups is 2. The van der Waals surface area contributed by atoms with E-state index in [2.05, 4.69) is 31.9 Å². The Hall–Kier alpha value is -4.92. The predicted molar refractivity (Wildman–Crippen MR) is 178 cm³/mol. The molecule has 0 radical (unpaired) electrons. The molecular weight excluding hydrogens is 684 g/mol. The molecule has 0 aromatic heterocycles. The van der Waals surface area contributed by atoms with Crippen LogP contribution in [0.5, 0.6) is 0 Å². The van der Waals surface area contributed by atoms with Crippen LogP contribution in [0.3, 0.4) is 0 Å². The molecule has 0 saturated carbocycles. The second kappa shape index (κ2) is 8.81. The van der Waals surface area contributed by atoms with E-state index in [0.29, 0.717) is 53.3 Å². The number of nitrogens with zero attached hydrogens (tertiary/aromatic N) is 2. The molecule has 4 amide bonds. The van der Waals surface area contributed by atoms with Crippen molar-refractivity contribution < 1.29 is 19.2 Å². The molecule has 0 saturated heterocycles. The number of fused-ring (bicyclic) bond motifs is 2. The van der Waals surface area contributed by atoms with E-state index in [0.717, 1.165) is 32.3 Å². The molecule has 7 aromatic carbocycles. The highest BCUT2D eigenvalue weighted by Gasteiger charge is 2.38. The summed E-state index contributed by atoms with van der Waals surface area (Å²) in [6.45, 7) is 0. The molecule has 208 valence electrons. The van der Waals surface area contributed by atoms with Crippen LogP contribution >= 0.6 is 31.9 Å². The van der Waals surface area contributed by atoms with Gasteiger partial charge in [0.05, 0.1) is 11.4 Å². The largest absolute Gasteiger partial charge is 0.268 e. The Morgan fingerprint density at radius 2 is 0.659 bits per heavy atom. The lowest BCUT2D eigenvalue weighted by Crippen LogP contribution is -2.40. The van der Waals surface area contributed by atoms with Gasteiger partial charge < -0.3 is 0 Å². The molecule has 0 aliphatic carbocycles. The number of carbonyl (C=O) groups is 4. The van der Waals surface area contributed by atoms with Crippen molar-refractivity contribution in [3.05, 3.63) is 128 Å². The van der Waals surface area contributed by atoms with Gasteiger partial charge in [-0.15, -0.1) is 0 Å². The van der Waals surface area contributed by atoms with Crippen LogP contribution < -0.4 is 9.80 Å². The van der Waals surface area contributed by atoms with Crippen molar-refractivity contribution in [2.24, 2.45) is 0 Å². The average Bonchev–Trinajstić information content (AvgIpc) is 3.03. The molecule has 0 bridgehead atoms. The molecule has 0 atom stereocenters. The lowest BCUT2D eigenvalue weighted by Gasteiger charge is -2.30. The van der Waals surface area contributed by atoms with E-state index in [9.17, 15) is 19.2 Å². The molecule has 9 rings (SSSR count). The Labute approximate surface area is 266 Å². The van der Waals surface area contributed by atoms with Crippen LogP contribution in [0.25, 0.3) is 43.1 Å². The van der Waals surface area contributed by atoms with Gasteiger partial charge in [0, 0.05) is 42.0 Å². The van der Waals surface area contributed by atoms with Crippen LogP contribution in [0, 0.1) is 0 Å². The highest BCUT2D eigenvalue weighted by Crippen LogP contribution is 2.47. The van der Waals surface area contributed by atoms with Gasteiger partial charge in [0.1, 0.15) is 0 Å². The first-order valence-corrected chi connectivity index (χ1v) is 15.4. The quantitative estimate of drug-likeness (QED) is 0.103. The first-order chi connectivity index (χ1) is 21.4. The molecule has 2 aliphatic heterocycles. The van der Waals surface area contributed by atoms with Crippen molar-refractivity contribution in [1.82, 2.24) is 0 Å². The topological polar surface area (TPSA) is 74.8 Å². The highest BCUT2D eigenvalue weighted by molar-refractivity contribution is 9.11. The van der Waals surface area contributed by atoms with Crippen molar-refractivity contribution >= 4 is 110 Å². The SMILES string of the molecule is O=C1c2ccc3c4ccc5c6c(ccc(c7ccc(c2c37)C(=O)N1c1ccccc1Br)c64)C(=O)N(c1ccccc1Br)C5=O. The Morgan fingerprint density at radius 3 is 0.955 bits per heavy atom. The summed E-state index contributed by atoms with van der Waals surface area (Å²) < 4.78 is 1.29. The maximum absolute atomic E-state index is 13.9. The van der Waals surface area contributed by atoms with Gasteiger partial charge in [-0.1, -0.05) is 48.5 Å². The predicted octanol–water partition coefficient (Wildman–Crippen LogP) is 8.86. The first-order valence-electron chi connectivity index (χ1n) is 13.8. The maximum Gasteiger partial charge on any atom is 0.266 e. The number of para-hydroxylation sites is 2. The lowest BCUT2D eigenvalue weighted by molar-refractivity contribution is 0.0877. The zero-order valence-corrected chi connectivity index (χ0v) is 25.7. The van der Waals surface area contributed by atoms with E-state index in [1.807, 2.05) is 36.4 Å². The highest BCUT2D eigenvalue weighted by atomic mass is 79.9. The molecule has 2 aliphatic rings. The third-order valence-electron chi connectivity index (χ3n) is 8.82. The summed E-state index contributed by atoms with van der Waals surface area (Å²) in [7, 11) is 0. The number of rotatable bonds is 2. The minimum absolute atomic E-state index is 0.391. The molecule has 2 heterocycles. The minimum Gasteiger partial charge on any atom is -0.268 e. The molecule has 0 spiro atoms. The van der Waals surface area contributed by atoms with E-state index in [-0.39, 0.29) is 0 Å². The smallest absolute Gasteiger partial charge is 0.266 e. The lowest BCUT2D eigenvalue weighted by atomic mass is 9.82. The van der Waals surface area contributed by atoms with Crippen molar-refractivity contribution in [3.8, 4) is 0 Å². The van der Waals surface area contributed by atoms with Crippen LogP contribution in [0.4, 0.5) is 11.4 Å². The van der Waals surface area contributed by atoms with Crippen LogP contribution in [0.1, 0.15) is 41.4 Å². The third-order valence-corrected chi connectivity index (χ3v) is 10.2. The van der Waals surface area contributed by atoms with Gasteiger partial charge in [0.15, 0.2) is 0 Å². The average molecular weight is 700 g/mol. The summed E-state index contributed by atoms with van der Waals surface area (Å²) in [5.74, 6) is -1.56. The van der Waals surface area contributed by atoms with E-state index in [1.165, 1.54) is 9.80 Å². The van der Waals surface area contributed by atoms with Crippen molar-refractivity contribution in [1.29, 1.82) is 0 Å². The van der Waals surface area contributed by atoms with E-state index in [1.54, 1.807) is 60.7 Å². The molecule has 6 nitrogen and oxygen atoms in total. The van der Waals surface area contributed by atoms with E-state index >= 15 is 0 Å². The number of anilines is 2. The Bertz CT molecular complexity index is 2230. The third kappa shape index (κ3) is 3.09. The molecule has 7 aromatic rings. The number of amides is 4. The summed E-state index contributed by atoms with van der Waals surface area (Å²) >= 11 is 6.99. The second-order valence-corrected chi connectivity index (χ2v) is 12.6. The molecular formula is C36H16Br2N2O4. The van der Waals surface area contributed by atoms with Gasteiger partial charge in [-0.05, 0) is 113 Å². The van der Waals surface area contributed by atoms with Crippen LogP contribution in [-0.4, -0.2) is 23.6 Å². The Morgan fingerprint density at radius 1 is 0.364 bits per heavy atom. The molecule has 0 unspecified atom stereocenters. The summed E-state index contributed by atoms with van der Waals surface area (Å²) in [5, 5.41) is 6.24. The van der Waals surface area contributed by atoms with Crippen molar-refractivity contribution in [2.75, 3.05) is 9.80 Å². The molecule has 0 fully saturated rings. The summed E-state index contributed by atoms with van der Waals surface area (Å²) in [6.07, 6.45) is 0. The molecule has 44 heavy (non-hydrogen) atoms. The number of hydrogen-bond donors (Lipinski definition) is 0. The van der Waals surface area contributed by atoms with Crippen LogP contribution in [0.2, 0.25) is 0 Å². The van der Waals surface area contributed by atoms with Gasteiger partial charge in [0.2, 0.25) is 0 Å². The van der Waals surface area contributed by atoms with Gasteiger partial charge >= 0.3 is 0 Å². The fourth-order valence-corrected chi connectivity index (χ4v) is 7.90. The normalized spacial score (nSPS) is 14.7. The van der Waals surface area contributed by atoms with Gasteiger partial charge in [-0.25, -0.2) is 9.80 Å². The monoisotopic (exact) mass is 698 g/mol. The van der Waals surface area contributed by atoms with Crippen LogP contribution in [-0.2, 0) is 0 Å². The van der Waals surface area contributed by atoms with Gasteiger partial charge in [-0.2, -0.15) is 0 Å². The van der Waals surface area contributed by atoms with E-state index < -0.39 is 23.6 Å².